The summed E-state index contributed by atoms with van der Waals surface area (Å²) in [5.74, 6) is 0.763. The number of nitrogens with zero attached hydrogens (tertiary/aromatic N) is 1. The predicted molar refractivity (Wildman–Crippen MR) is 82.0 cm³/mol. The van der Waals surface area contributed by atoms with Crippen LogP contribution in [0.3, 0.4) is 0 Å². The summed E-state index contributed by atoms with van der Waals surface area (Å²) in [5.41, 5.74) is 2.39. The Bertz CT molecular complexity index is 514. The topological polar surface area (TPSA) is 20.3 Å². The van der Waals surface area contributed by atoms with E-state index in [0.29, 0.717) is 11.8 Å². The van der Waals surface area contributed by atoms with Crippen molar-refractivity contribution < 1.29 is 4.79 Å². The van der Waals surface area contributed by atoms with Crippen LogP contribution in [0.5, 0.6) is 0 Å². The number of likely N-dealkylation sites (tertiary alicyclic amines) is 1. The quantitative estimate of drug-likeness (QED) is 0.839. The van der Waals surface area contributed by atoms with Crippen molar-refractivity contribution in [3.63, 3.8) is 0 Å². The maximum absolute atomic E-state index is 12.0. The first-order valence-corrected chi connectivity index (χ1v) is 8.05. The lowest BCUT2D eigenvalue weighted by atomic mass is 9.95. The standard InChI is InChI=1S/C17H22ClNO/c1-12-7-8-13(15(18)10-12)11-19-9-3-5-16(19)14-4-2-6-17(14)20/h7-8,10,14,16H,2-6,9,11H2,1H3. The molecule has 1 aliphatic carbocycles. The van der Waals surface area contributed by atoms with Crippen molar-refractivity contribution >= 4 is 17.4 Å². The normalized spacial score (nSPS) is 27.4. The highest BCUT2D eigenvalue weighted by atomic mass is 35.5. The Morgan fingerprint density at radius 1 is 1.30 bits per heavy atom. The molecule has 3 heteroatoms. The van der Waals surface area contributed by atoms with Crippen LogP contribution in [0, 0.1) is 12.8 Å². The van der Waals surface area contributed by atoms with Crippen LogP contribution in [0.15, 0.2) is 18.2 Å². The summed E-state index contributed by atoms with van der Waals surface area (Å²) < 4.78 is 0. The third-order valence-corrected chi connectivity index (χ3v) is 5.16. The van der Waals surface area contributed by atoms with E-state index < -0.39 is 0 Å². The van der Waals surface area contributed by atoms with Gasteiger partial charge in [-0.05, 0) is 56.3 Å². The first-order chi connectivity index (χ1) is 9.65. The molecule has 2 nitrogen and oxygen atoms in total. The van der Waals surface area contributed by atoms with Gasteiger partial charge in [0.15, 0.2) is 0 Å². The Morgan fingerprint density at radius 2 is 2.15 bits per heavy atom. The van der Waals surface area contributed by atoms with Crippen molar-refractivity contribution in [3.8, 4) is 0 Å². The molecule has 1 heterocycles. The number of rotatable bonds is 3. The van der Waals surface area contributed by atoms with E-state index in [1.165, 1.54) is 24.0 Å². The number of Topliss-reactive ketones (excluding diaryl/α,β-unsaturated/α-hetero) is 1. The van der Waals surface area contributed by atoms with Gasteiger partial charge in [0, 0.05) is 29.9 Å². The summed E-state index contributed by atoms with van der Waals surface area (Å²) in [4.78, 5) is 14.5. The SMILES string of the molecule is Cc1ccc(CN2CCCC2C2CCCC2=O)c(Cl)c1. The fourth-order valence-electron chi connectivity index (χ4n) is 3.75. The van der Waals surface area contributed by atoms with Gasteiger partial charge in [-0.2, -0.15) is 0 Å². The monoisotopic (exact) mass is 291 g/mol. The molecule has 2 fully saturated rings. The van der Waals surface area contributed by atoms with Gasteiger partial charge in [-0.3, -0.25) is 9.69 Å². The van der Waals surface area contributed by atoms with E-state index in [-0.39, 0.29) is 5.92 Å². The number of halogens is 1. The summed E-state index contributed by atoms with van der Waals surface area (Å²) in [6, 6.07) is 6.72. The third kappa shape index (κ3) is 2.77. The summed E-state index contributed by atoms with van der Waals surface area (Å²) in [6.45, 7) is 4.04. The van der Waals surface area contributed by atoms with Crippen LogP contribution < -0.4 is 0 Å². The zero-order chi connectivity index (χ0) is 14.1. The maximum atomic E-state index is 12.0. The van der Waals surface area contributed by atoms with Gasteiger partial charge in [0.05, 0.1) is 0 Å². The van der Waals surface area contributed by atoms with Crippen molar-refractivity contribution in [2.45, 2.75) is 51.6 Å². The van der Waals surface area contributed by atoms with Crippen LogP contribution in [-0.2, 0) is 11.3 Å². The Kier molecular flexibility index (Phi) is 4.13. The summed E-state index contributed by atoms with van der Waals surface area (Å²) >= 11 is 6.35. The second-order valence-corrected chi connectivity index (χ2v) is 6.65. The van der Waals surface area contributed by atoms with Crippen LogP contribution in [0.4, 0.5) is 0 Å². The molecular weight excluding hydrogens is 270 g/mol. The Morgan fingerprint density at radius 3 is 2.85 bits per heavy atom. The number of hydrogen-bond acceptors (Lipinski definition) is 2. The largest absolute Gasteiger partial charge is 0.299 e. The van der Waals surface area contributed by atoms with Crippen LogP contribution in [0.2, 0.25) is 5.02 Å². The second kappa shape index (κ2) is 5.87. The molecule has 0 bridgehead atoms. The second-order valence-electron chi connectivity index (χ2n) is 6.24. The minimum absolute atomic E-state index is 0.279. The average molecular weight is 292 g/mol. The molecule has 108 valence electrons. The molecule has 3 rings (SSSR count). The van der Waals surface area contributed by atoms with E-state index in [9.17, 15) is 4.79 Å². The van der Waals surface area contributed by atoms with Crippen LogP contribution >= 0.6 is 11.6 Å². The van der Waals surface area contributed by atoms with Gasteiger partial charge >= 0.3 is 0 Å². The molecule has 1 saturated heterocycles. The van der Waals surface area contributed by atoms with Gasteiger partial charge in [-0.15, -0.1) is 0 Å². The molecule has 1 aromatic rings. The van der Waals surface area contributed by atoms with E-state index in [1.54, 1.807) is 0 Å². The smallest absolute Gasteiger partial charge is 0.137 e. The molecule has 0 radical (unpaired) electrons. The van der Waals surface area contributed by atoms with Gasteiger partial charge < -0.3 is 0 Å². The van der Waals surface area contributed by atoms with E-state index in [0.717, 1.165) is 37.4 Å². The van der Waals surface area contributed by atoms with E-state index in [1.807, 2.05) is 6.07 Å². The lowest BCUT2D eigenvalue weighted by Crippen LogP contribution is -2.37. The highest BCUT2D eigenvalue weighted by Crippen LogP contribution is 2.34. The number of carbonyl (C=O) groups excluding carboxylic acids is 1. The zero-order valence-electron chi connectivity index (χ0n) is 12.1. The average Bonchev–Trinajstić information content (AvgIpc) is 3.01. The molecule has 2 aliphatic rings. The van der Waals surface area contributed by atoms with Gasteiger partial charge in [-0.25, -0.2) is 0 Å². The molecule has 0 spiro atoms. The predicted octanol–water partition coefficient (Wildman–Crippen LogP) is 3.98. The highest BCUT2D eigenvalue weighted by molar-refractivity contribution is 6.31. The minimum atomic E-state index is 0.279. The first kappa shape index (κ1) is 14.1. The van der Waals surface area contributed by atoms with Crippen molar-refractivity contribution in [3.05, 3.63) is 34.3 Å². The third-order valence-electron chi connectivity index (χ3n) is 4.81. The van der Waals surface area contributed by atoms with E-state index in [2.05, 4.69) is 24.0 Å². The number of carbonyl (C=O) groups is 1. The lowest BCUT2D eigenvalue weighted by molar-refractivity contribution is -0.122. The fraction of sp³-hybridized carbons (Fsp3) is 0.588. The Hall–Kier alpha value is -0.860. The first-order valence-electron chi connectivity index (χ1n) is 7.67. The van der Waals surface area contributed by atoms with Gasteiger partial charge in [0.1, 0.15) is 5.78 Å². The molecule has 1 aromatic carbocycles. The van der Waals surface area contributed by atoms with Crippen molar-refractivity contribution in [2.75, 3.05) is 6.54 Å². The molecule has 1 saturated carbocycles. The highest BCUT2D eigenvalue weighted by Gasteiger charge is 2.37. The lowest BCUT2D eigenvalue weighted by Gasteiger charge is -2.28. The van der Waals surface area contributed by atoms with Crippen molar-refractivity contribution in [2.24, 2.45) is 5.92 Å². The van der Waals surface area contributed by atoms with Crippen LogP contribution in [0.1, 0.15) is 43.2 Å². The van der Waals surface area contributed by atoms with Gasteiger partial charge in [0.2, 0.25) is 0 Å². The van der Waals surface area contributed by atoms with Crippen LogP contribution in [0.25, 0.3) is 0 Å². The molecular formula is C17H22ClNO. The van der Waals surface area contributed by atoms with E-state index >= 15 is 0 Å². The maximum Gasteiger partial charge on any atom is 0.137 e. The molecule has 20 heavy (non-hydrogen) atoms. The zero-order valence-corrected chi connectivity index (χ0v) is 12.8. The Balaban J connectivity index is 1.74. The molecule has 1 aliphatic heterocycles. The van der Waals surface area contributed by atoms with Crippen molar-refractivity contribution in [1.29, 1.82) is 0 Å². The molecule has 2 atom stereocenters. The van der Waals surface area contributed by atoms with Gasteiger partial charge in [-0.1, -0.05) is 23.7 Å². The molecule has 0 N–H and O–H groups in total. The molecule has 0 amide bonds. The summed E-state index contributed by atoms with van der Waals surface area (Å²) in [5, 5.41) is 0.855. The number of hydrogen-bond donors (Lipinski definition) is 0. The van der Waals surface area contributed by atoms with Crippen molar-refractivity contribution in [1.82, 2.24) is 4.90 Å². The van der Waals surface area contributed by atoms with Crippen LogP contribution in [-0.4, -0.2) is 23.3 Å². The fourth-order valence-corrected chi connectivity index (χ4v) is 4.05. The number of aryl methyl sites for hydroxylation is 1. The Labute approximate surface area is 126 Å². The summed E-state index contributed by atoms with van der Waals surface area (Å²) in [7, 11) is 0. The number of ketones is 1. The minimum Gasteiger partial charge on any atom is -0.299 e. The summed E-state index contributed by atoms with van der Waals surface area (Å²) in [6.07, 6.45) is 5.33. The number of benzene rings is 1. The van der Waals surface area contributed by atoms with E-state index in [4.69, 9.17) is 11.6 Å². The molecule has 2 unspecified atom stereocenters. The van der Waals surface area contributed by atoms with Gasteiger partial charge in [0.25, 0.3) is 0 Å². The molecule has 0 aromatic heterocycles.